The van der Waals surface area contributed by atoms with Crippen LogP contribution < -0.4 is 5.32 Å². The number of rotatable bonds is 4. The molecule has 2 aromatic rings. The number of hydrogen-bond donors (Lipinski definition) is 2. The van der Waals surface area contributed by atoms with Crippen LogP contribution in [-0.2, 0) is 6.42 Å². The molecular weight excluding hydrogens is 352 g/mol. The molecule has 1 atom stereocenters. The molecule has 1 aliphatic heterocycles. The molecule has 6 nitrogen and oxygen atoms in total. The van der Waals surface area contributed by atoms with Gasteiger partial charge in [-0.25, -0.2) is 0 Å². The van der Waals surface area contributed by atoms with Gasteiger partial charge in [-0.15, -0.1) is 12.4 Å². The molecule has 1 aliphatic rings. The van der Waals surface area contributed by atoms with Gasteiger partial charge >= 0.3 is 0 Å². The smallest absolute Gasteiger partial charge is 0.271 e. The van der Waals surface area contributed by atoms with E-state index in [9.17, 15) is 9.59 Å². The summed E-state index contributed by atoms with van der Waals surface area (Å²) in [6.45, 7) is 7.44. The lowest BCUT2D eigenvalue weighted by atomic mass is 10.0. The maximum Gasteiger partial charge on any atom is 0.271 e. The lowest BCUT2D eigenvalue weighted by Gasteiger charge is -2.36. The van der Waals surface area contributed by atoms with Gasteiger partial charge in [0.15, 0.2) is 5.78 Å². The normalized spacial score (nSPS) is 16.9. The van der Waals surface area contributed by atoms with E-state index in [-0.39, 0.29) is 30.1 Å². The quantitative estimate of drug-likeness (QED) is 0.804. The molecule has 26 heavy (non-hydrogen) atoms. The van der Waals surface area contributed by atoms with Crippen LogP contribution in [0.25, 0.3) is 0 Å². The van der Waals surface area contributed by atoms with Gasteiger partial charge in [0.05, 0.1) is 6.04 Å². The van der Waals surface area contributed by atoms with Gasteiger partial charge in [-0.3, -0.25) is 14.6 Å². The zero-order valence-corrected chi connectivity index (χ0v) is 16.2. The number of aryl methyl sites for hydroxylation is 1. The molecule has 0 aliphatic carbocycles. The van der Waals surface area contributed by atoms with Crippen molar-refractivity contribution >= 4 is 24.1 Å². The third-order valence-electron chi connectivity index (χ3n) is 4.78. The second-order valence-electron chi connectivity index (χ2n) is 6.39. The van der Waals surface area contributed by atoms with E-state index < -0.39 is 0 Å². The average Bonchev–Trinajstić information content (AvgIpc) is 2.98. The number of pyridine rings is 1. The van der Waals surface area contributed by atoms with E-state index in [4.69, 9.17) is 0 Å². The summed E-state index contributed by atoms with van der Waals surface area (Å²) in [5.41, 5.74) is 3.79. The van der Waals surface area contributed by atoms with Crippen LogP contribution in [0.2, 0.25) is 0 Å². The molecule has 1 amide bonds. The molecule has 1 unspecified atom stereocenters. The zero-order chi connectivity index (χ0) is 18.0. The molecule has 0 spiro atoms. The number of aromatic nitrogens is 2. The molecular formula is C19H25ClN4O2. The monoisotopic (exact) mass is 376 g/mol. The Balaban J connectivity index is 0.00000243. The fourth-order valence-corrected chi connectivity index (χ4v) is 3.65. The maximum absolute atomic E-state index is 13.3. The first kappa shape index (κ1) is 20.1. The lowest BCUT2D eigenvalue weighted by molar-refractivity contribution is 0.0627. The Bertz CT molecular complexity index is 788. The topological polar surface area (TPSA) is 78.1 Å². The van der Waals surface area contributed by atoms with Crippen molar-refractivity contribution in [3.05, 3.63) is 52.6 Å². The molecule has 1 saturated heterocycles. The minimum Gasteiger partial charge on any atom is -0.354 e. The highest BCUT2D eigenvalue weighted by Crippen LogP contribution is 2.27. The molecule has 0 aromatic carbocycles. The summed E-state index contributed by atoms with van der Waals surface area (Å²) < 4.78 is 0. The van der Waals surface area contributed by atoms with Crippen molar-refractivity contribution < 1.29 is 9.59 Å². The van der Waals surface area contributed by atoms with Crippen molar-refractivity contribution in [1.29, 1.82) is 0 Å². The predicted molar refractivity (Wildman–Crippen MR) is 103 cm³/mol. The number of piperazine rings is 1. The highest BCUT2D eigenvalue weighted by Gasteiger charge is 2.32. The predicted octanol–water partition coefficient (Wildman–Crippen LogP) is 2.69. The number of Topliss-reactive ketones (excluding diaryl/α,β-unsaturated/α-hetero) is 1. The van der Waals surface area contributed by atoms with Crippen molar-refractivity contribution in [1.82, 2.24) is 20.2 Å². The summed E-state index contributed by atoms with van der Waals surface area (Å²) in [5.74, 6) is -0.0587. The highest BCUT2D eigenvalue weighted by atomic mass is 35.5. The summed E-state index contributed by atoms with van der Waals surface area (Å²) in [6, 6.07) is 3.81. The molecule has 140 valence electrons. The van der Waals surface area contributed by atoms with E-state index in [0.29, 0.717) is 30.8 Å². The van der Waals surface area contributed by atoms with Crippen molar-refractivity contribution in [3.63, 3.8) is 0 Å². The largest absolute Gasteiger partial charge is 0.354 e. The highest BCUT2D eigenvalue weighted by molar-refractivity contribution is 6.02. The van der Waals surface area contributed by atoms with Gasteiger partial charge in [0, 0.05) is 43.3 Å². The molecule has 1 fully saturated rings. The van der Waals surface area contributed by atoms with Crippen LogP contribution in [-0.4, -0.2) is 46.2 Å². The Kier molecular flexibility index (Phi) is 6.56. The Labute approximate surface area is 159 Å². The standard InChI is InChI=1S/C19H24N4O2.ClH/c1-4-15-17(13(3)24)12(2)22-18(15)19(25)23-9-8-21-11-16(23)14-6-5-7-20-10-14;/h5-7,10,16,21-22H,4,8-9,11H2,1-3H3;1H. The van der Waals surface area contributed by atoms with Crippen molar-refractivity contribution in [2.24, 2.45) is 0 Å². The Morgan fingerprint density at radius 3 is 2.77 bits per heavy atom. The Morgan fingerprint density at radius 1 is 1.38 bits per heavy atom. The first-order valence-electron chi connectivity index (χ1n) is 8.68. The van der Waals surface area contributed by atoms with Gasteiger partial charge < -0.3 is 15.2 Å². The number of nitrogens with zero attached hydrogens (tertiary/aromatic N) is 2. The number of nitrogens with one attached hydrogen (secondary N) is 2. The second kappa shape index (κ2) is 8.47. The Hall–Kier alpha value is -2.18. The van der Waals surface area contributed by atoms with Crippen LogP contribution in [0.15, 0.2) is 24.5 Å². The first-order chi connectivity index (χ1) is 12.0. The lowest BCUT2D eigenvalue weighted by Crippen LogP contribution is -2.49. The number of hydrogen-bond acceptors (Lipinski definition) is 4. The minimum atomic E-state index is -0.0657. The molecule has 0 radical (unpaired) electrons. The number of amides is 1. The molecule has 2 aromatic heterocycles. The summed E-state index contributed by atoms with van der Waals surface area (Å²) in [7, 11) is 0. The molecule has 0 bridgehead atoms. The van der Waals surface area contributed by atoms with Crippen LogP contribution in [0, 0.1) is 6.92 Å². The molecule has 7 heteroatoms. The van der Waals surface area contributed by atoms with E-state index in [0.717, 1.165) is 23.4 Å². The van der Waals surface area contributed by atoms with Crippen molar-refractivity contribution in [3.8, 4) is 0 Å². The number of H-pyrrole nitrogens is 1. The molecule has 3 rings (SSSR count). The molecule has 2 N–H and O–H groups in total. The summed E-state index contributed by atoms with van der Waals surface area (Å²) in [5, 5.41) is 3.35. The van der Waals surface area contributed by atoms with Crippen LogP contribution in [0.5, 0.6) is 0 Å². The number of halogens is 1. The zero-order valence-electron chi connectivity index (χ0n) is 15.3. The number of ketones is 1. The van der Waals surface area contributed by atoms with Gasteiger partial charge in [0.2, 0.25) is 0 Å². The van der Waals surface area contributed by atoms with E-state index in [1.807, 2.05) is 30.9 Å². The third-order valence-corrected chi connectivity index (χ3v) is 4.78. The number of carbonyl (C=O) groups is 2. The van der Waals surface area contributed by atoms with Crippen LogP contribution in [0.3, 0.4) is 0 Å². The van der Waals surface area contributed by atoms with Gasteiger partial charge in [0.25, 0.3) is 5.91 Å². The SMILES string of the molecule is CCc1c(C(=O)N2CCNCC2c2cccnc2)[nH]c(C)c1C(C)=O.Cl. The van der Waals surface area contributed by atoms with Gasteiger partial charge in [-0.05, 0) is 37.5 Å². The van der Waals surface area contributed by atoms with Crippen molar-refractivity contribution in [2.45, 2.75) is 33.2 Å². The van der Waals surface area contributed by atoms with Crippen LogP contribution in [0.4, 0.5) is 0 Å². The second-order valence-corrected chi connectivity index (χ2v) is 6.39. The summed E-state index contributed by atoms with van der Waals surface area (Å²) in [6.07, 6.45) is 4.18. The van der Waals surface area contributed by atoms with E-state index in [2.05, 4.69) is 15.3 Å². The molecule has 3 heterocycles. The van der Waals surface area contributed by atoms with E-state index in [1.54, 1.807) is 19.3 Å². The maximum atomic E-state index is 13.3. The fourth-order valence-electron chi connectivity index (χ4n) is 3.65. The number of aromatic amines is 1. The summed E-state index contributed by atoms with van der Waals surface area (Å²) in [4.78, 5) is 34.5. The van der Waals surface area contributed by atoms with Gasteiger partial charge in [0.1, 0.15) is 5.69 Å². The third kappa shape index (κ3) is 3.66. The van der Waals surface area contributed by atoms with Crippen LogP contribution >= 0.6 is 12.4 Å². The first-order valence-corrected chi connectivity index (χ1v) is 8.68. The average molecular weight is 377 g/mol. The van der Waals surface area contributed by atoms with Gasteiger partial charge in [-0.2, -0.15) is 0 Å². The van der Waals surface area contributed by atoms with Crippen molar-refractivity contribution in [2.75, 3.05) is 19.6 Å². The van der Waals surface area contributed by atoms with E-state index in [1.165, 1.54) is 0 Å². The Morgan fingerprint density at radius 2 is 2.15 bits per heavy atom. The van der Waals surface area contributed by atoms with Crippen LogP contribution in [0.1, 0.15) is 57.6 Å². The number of carbonyl (C=O) groups excluding carboxylic acids is 2. The van der Waals surface area contributed by atoms with Gasteiger partial charge in [-0.1, -0.05) is 13.0 Å². The molecule has 0 saturated carbocycles. The summed E-state index contributed by atoms with van der Waals surface area (Å²) >= 11 is 0. The fraction of sp³-hybridized carbons (Fsp3) is 0.421. The minimum absolute atomic E-state index is 0. The van der Waals surface area contributed by atoms with E-state index >= 15 is 0 Å².